The molecule has 0 saturated carbocycles. The summed E-state index contributed by atoms with van der Waals surface area (Å²) in [5.41, 5.74) is 4.81. The molecule has 0 bridgehead atoms. The molecule has 2 amide bonds. The molecule has 1 aliphatic rings. The van der Waals surface area contributed by atoms with E-state index in [9.17, 15) is 14.4 Å². The molecule has 0 fully saturated rings. The van der Waals surface area contributed by atoms with Crippen LogP contribution in [0.3, 0.4) is 0 Å². The van der Waals surface area contributed by atoms with Gasteiger partial charge in [-0.25, -0.2) is 5.01 Å². The average Bonchev–Trinajstić information content (AvgIpc) is 2.69. The number of anilines is 1. The number of amidine groups is 1. The summed E-state index contributed by atoms with van der Waals surface area (Å²) in [7, 11) is 0. The SMILES string of the molecule is Cc1ccc(N2NC(C(=O)NC(C)C(=O)c3ccc(Cl)cc3)=NCC2=O)cc1. The van der Waals surface area contributed by atoms with Gasteiger partial charge in [-0.05, 0) is 50.2 Å². The predicted molar refractivity (Wildman–Crippen MR) is 107 cm³/mol. The van der Waals surface area contributed by atoms with Crippen LogP contribution in [0.25, 0.3) is 0 Å². The first kappa shape index (κ1) is 19.6. The van der Waals surface area contributed by atoms with E-state index >= 15 is 0 Å². The van der Waals surface area contributed by atoms with E-state index in [0.29, 0.717) is 16.3 Å². The third-order valence-electron chi connectivity index (χ3n) is 4.22. The second kappa shape index (κ2) is 8.22. The Bertz CT molecular complexity index is 939. The van der Waals surface area contributed by atoms with Gasteiger partial charge in [-0.1, -0.05) is 29.3 Å². The first-order valence-corrected chi connectivity index (χ1v) is 9.04. The fraction of sp³-hybridized carbons (Fsp3) is 0.200. The van der Waals surface area contributed by atoms with Gasteiger partial charge >= 0.3 is 0 Å². The Labute approximate surface area is 167 Å². The number of ketones is 1. The molecule has 144 valence electrons. The van der Waals surface area contributed by atoms with E-state index in [2.05, 4.69) is 15.7 Å². The zero-order chi connectivity index (χ0) is 20.3. The number of aryl methyl sites for hydroxylation is 1. The highest BCUT2D eigenvalue weighted by Gasteiger charge is 2.27. The summed E-state index contributed by atoms with van der Waals surface area (Å²) < 4.78 is 0. The quantitative estimate of drug-likeness (QED) is 0.756. The van der Waals surface area contributed by atoms with E-state index in [0.717, 1.165) is 5.56 Å². The van der Waals surface area contributed by atoms with Gasteiger partial charge in [0.25, 0.3) is 11.8 Å². The maximum Gasteiger partial charge on any atom is 0.288 e. The van der Waals surface area contributed by atoms with E-state index in [-0.39, 0.29) is 24.1 Å². The number of hydrogen-bond donors (Lipinski definition) is 2. The smallest absolute Gasteiger partial charge is 0.288 e. The van der Waals surface area contributed by atoms with Gasteiger partial charge in [0, 0.05) is 10.6 Å². The summed E-state index contributed by atoms with van der Waals surface area (Å²) in [5, 5.41) is 4.40. The summed E-state index contributed by atoms with van der Waals surface area (Å²) in [4.78, 5) is 41.1. The third-order valence-corrected chi connectivity index (χ3v) is 4.47. The molecule has 1 aliphatic heterocycles. The Balaban J connectivity index is 1.68. The van der Waals surface area contributed by atoms with Crippen LogP contribution in [-0.2, 0) is 9.59 Å². The molecule has 0 radical (unpaired) electrons. The van der Waals surface area contributed by atoms with Crippen molar-refractivity contribution in [1.29, 1.82) is 0 Å². The first-order chi connectivity index (χ1) is 13.3. The molecule has 0 saturated heterocycles. The molecule has 8 heteroatoms. The minimum absolute atomic E-state index is 0.0315. The molecule has 0 aliphatic carbocycles. The lowest BCUT2D eigenvalue weighted by atomic mass is 10.1. The van der Waals surface area contributed by atoms with Crippen LogP contribution in [-0.4, -0.2) is 36.0 Å². The van der Waals surface area contributed by atoms with Crippen molar-refractivity contribution < 1.29 is 14.4 Å². The van der Waals surface area contributed by atoms with E-state index in [1.54, 1.807) is 43.3 Å². The number of nitrogens with one attached hydrogen (secondary N) is 2. The summed E-state index contributed by atoms with van der Waals surface area (Å²) in [6.07, 6.45) is 0. The lowest BCUT2D eigenvalue weighted by Gasteiger charge is -2.28. The topological polar surface area (TPSA) is 90.9 Å². The maximum atomic E-state index is 12.5. The fourth-order valence-electron chi connectivity index (χ4n) is 2.64. The van der Waals surface area contributed by atoms with Gasteiger partial charge in [0.15, 0.2) is 5.78 Å². The second-order valence-corrected chi connectivity index (χ2v) is 6.84. The zero-order valence-corrected chi connectivity index (χ0v) is 16.2. The zero-order valence-electron chi connectivity index (χ0n) is 15.4. The van der Waals surface area contributed by atoms with Gasteiger partial charge in [-0.3, -0.25) is 24.8 Å². The Morgan fingerprint density at radius 3 is 2.43 bits per heavy atom. The molecule has 2 N–H and O–H groups in total. The maximum absolute atomic E-state index is 12.5. The standard InChI is InChI=1S/C20H19ClN4O3/c1-12-3-9-16(10-4-12)25-17(26)11-22-19(24-25)20(28)23-13(2)18(27)14-5-7-15(21)8-6-14/h3-10,13H,11H2,1-2H3,(H,22,24)(H,23,28). The summed E-state index contributed by atoms with van der Waals surface area (Å²) in [5.74, 6) is -1.14. The van der Waals surface area contributed by atoms with Gasteiger partial charge in [-0.2, -0.15) is 0 Å². The summed E-state index contributed by atoms with van der Waals surface area (Å²) in [6, 6.07) is 12.9. The van der Waals surface area contributed by atoms with Crippen molar-refractivity contribution in [3.05, 3.63) is 64.7 Å². The first-order valence-electron chi connectivity index (χ1n) is 8.66. The number of hydrogen-bond acceptors (Lipinski definition) is 5. The third kappa shape index (κ3) is 4.37. The number of hydrazine groups is 1. The minimum atomic E-state index is -0.774. The molecule has 0 aromatic heterocycles. The fourth-order valence-corrected chi connectivity index (χ4v) is 2.77. The predicted octanol–water partition coefficient (Wildman–Crippen LogP) is 2.29. The average molecular weight is 399 g/mol. The highest BCUT2D eigenvalue weighted by molar-refractivity contribution is 6.39. The van der Waals surface area contributed by atoms with E-state index in [4.69, 9.17) is 11.6 Å². The van der Waals surface area contributed by atoms with Crippen LogP contribution in [0.15, 0.2) is 53.5 Å². The van der Waals surface area contributed by atoms with Crippen LogP contribution in [0.4, 0.5) is 5.69 Å². The van der Waals surface area contributed by atoms with Crippen molar-refractivity contribution in [2.45, 2.75) is 19.9 Å². The Hall–Kier alpha value is -3.19. The summed E-state index contributed by atoms with van der Waals surface area (Å²) >= 11 is 5.83. The van der Waals surface area contributed by atoms with Crippen molar-refractivity contribution in [3.8, 4) is 0 Å². The number of benzene rings is 2. The highest BCUT2D eigenvalue weighted by atomic mass is 35.5. The van der Waals surface area contributed by atoms with Crippen LogP contribution in [0.2, 0.25) is 5.02 Å². The van der Waals surface area contributed by atoms with Crippen LogP contribution in [0, 0.1) is 6.92 Å². The number of carbonyl (C=O) groups is 3. The molecule has 1 heterocycles. The Morgan fingerprint density at radius 2 is 1.79 bits per heavy atom. The van der Waals surface area contributed by atoms with Crippen molar-refractivity contribution in [2.24, 2.45) is 4.99 Å². The van der Waals surface area contributed by atoms with Crippen molar-refractivity contribution in [1.82, 2.24) is 10.7 Å². The van der Waals surface area contributed by atoms with Gasteiger partial charge in [-0.15, -0.1) is 0 Å². The molecule has 1 unspecified atom stereocenters. The number of aliphatic imine (C=N–C) groups is 1. The van der Waals surface area contributed by atoms with Crippen molar-refractivity contribution >= 4 is 40.7 Å². The number of amides is 2. The summed E-state index contributed by atoms with van der Waals surface area (Å²) in [6.45, 7) is 3.36. The lowest BCUT2D eigenvalue weighted by molar-refractivity contribution is -0.118. The Morgan fingerprint density at radius 1 is 1.14 bits per heavy atom. The minimum Gasteiger partial charge on any atom is -0.339 e. The number of carbonyl (C=O) groups excluding carboxylic acids is 3. The Kier molecular flexibility index (Phi) is 5.75. The van der Waals surface area contributed by atoms with Gasteiger partial charge in [0.05, 0.1) is 11.7 Å². The molecular weight excluding hydrogens is 380 g/mol. The molecule has 1 atom stereocenters. The van der Waals surface area contributed by atoms with Gasteiger partial charge in [0.2, 0.25) is 5.84 Å². The van der Waals surface area contributed by atoms with Gasteiger partial charge in [0.1, 0.15) is 6.54 Å². The lowest BCUT2D eigenvalue weighted by Crippen LogP contribution is -2.57. The normalized spacial score (nSPS) is 14.8. The highest BCUT2D eigenvalue weighted by Crippen LogP contribution is 2.15. The largest absolute Gasteiger partial charge is 0.339 e. The number of rotatable bonds is 5. The number of Topliss-reactive ketones (excluding diaryl/α,β-unsaturated/α-hetero) is 1. The molecule has 3 rings (SSSR count). The van der Waals surface area contributed by atoms with Crippen LogP contribution in [0.5, 0.6) is 0 Å². The second-order valence-electron chi connectivity index (χ2n) is 6.41. The molecule has 7 nitrogen and oxygen atoms in total. The molecule has 2 aromatic carbocycles. The van der Waals surface area contributed by atoms with Gasteiger partial charge < -0.3 is 5.32 Å². The van der Waals surface area contributed by atoms with E-state index in [1.807, 2.05) is 19.1 Å². The molecule has 0 spiro atoms. The molecular formula is C20H19ClN4O3. The van der Waals surface area contributed by atoms with Crippen LogP contribution in [0.1, 0.15) is 22.8 Å². The van der Waals surface area contributed by atoms with Crippen molar-refractivity contribution in [3.63, 3.8) is 0 Å². The monoisotopic (exact) mass is 398 g/mol. The number of halogens is 1. The van der Waals surface area contributed by atoms with E-state index < -0.39 is 11.9 Å². The molecule has 28 heavy (non-hydrogen) atoms. The molecule has 2 aromatic rings. The van der Waals surface area contributed by atoms with Crippen molar-refractivity contribution in [2.75, 3.05) is 11.6 Å². The number of nitrogens with zero attached hydrogens (tertiary/aromatic N) is 2. The van der Waals surface area contributed by atoms with Crippen LogP contribution >= 0.6 is 11.6 Å². The van der Waals surface area contributed by atoms with Crippen LogP contribution < -0.4 is 15.8 Å². The van der Waals surface area contributed by atoms with E-state index in [1.165, 1.54) is 5.01 Å².